The summed E-state index contributed by atoms with van der Waals surface area (Å²) in [6.07, 6.45) is 8.12. The summed E-state index contributed by atoms with van der Waals surface area (Å²) in [4.78, 5) is 44.1. The molecule has 8 N–H and O–H groups in total. The molecule has 2 aromatic rings. The first kappa shape index (κ1) is 47.5. The summed E-state index contributed by atoms with van der Waals surface area (Å²) in [5, 5.41) is 42.4. The SMILES string of the molecule is C.C.CONC(=O)N[C@@H]1C[C@H]2C(C)(C)CCC[C@]2(C)[C@@H](C(=O)c2cc(O)cc(O)c2)[C@@H]1C.C[C@@H]1[C@H](N)C[C@H]2C(C)(C)CCC[C@]2(C)[C@H]1C(=O)c1cc(O)cc(O)c1. The Kier molecular flexibility index (Phi) is 14.7. The zero-order chi connectivity index (χ0) is 40.8. The zero-order valence-corrected chi connectivity index (χ0v) is 34.2. The number of benzene rings is 2. The van der Waals surface area contributed by atoms with E-state index in [-0.39, 0.29) is 113 Å². The minimum absolute atomic E-state index is 0. The van der Waals surface area contributed by atoms with Gasteiger partial charge in [-0.15, -0.1) is 0 Å². The van der Waals surface area contributed by atoms with Gasteiger partial charge in [0.05, 0.1) is 7.11 Å². The maximum atomic E-state index is 13.8. The molecule has 4 saturated carbocycles. The Hall–Kier alpha value is -3.83. The van der Waals surface area contributed by atoms with Crippen LogP contribution in [-0.2, 0) is 4.84 Å². The summed E-state index contributed by atoms with van der Waals surface area (Å²) in [5.74, 6) is -0.496. The third-order valence-corrected chi connectivity index (χ3v) is 14.8. The van der Waals surface area contributed by atoms with Crippen molar-refractivity contribution in [2.45, 2.75) is 134 Å². The van der Waals surface area contributed by atoms with Crippen LogP contribution in [0.25, 0.3) is 0 Å². The van der Waals surface area contributed by atoms with Crippen LogP contribution in [0.4, 0.5) is 4.79 Å². The summed E-state index contributed by atoms with van der Waals surface area (Å²) >= 11 is 0. The molecule has 4 aliphatic carbocycles. The van der Waals surface area contributed by atoms with E-state index in [4.69, 9.17) is 10.6 Å². The summed E-state index contributed by atoms with van der Waals surface area (Å²) in [7, 11) is 1.38. The number of nitrogens with one attached hydrogen (secondary N) is 2. The van der Waals surface area contributed by atoms with Crippen molar-refractivity contribution in [1.82, 2.24) is 10.8 Å². The molecule has 4 fully saturated rings. The second kappa shape index (κ2) is 17.6. The number of carbonyl (C=O) groups excluding carboxylic acids is 3. The highest BCUT2D eigenvalue weighted by atomic mass is 16.6. The lowest BCUT2D eigenvalue weighted by atomic mass is 9.45. The molecule has 6 rings (SSSR count). The normalized spacial score (nSPS) is 33.6. The second-order valence-electron chi connectivity index (χ2n) is 19.2. The fraction of sp³-hybridized carbons (Fsp3) is 0.674. The van der Waals surface area contributed by atoms with E-state index < -0.39 is 6.03 Å². The number of hydrogen-bond donors (Lipinski definition) is 7. The molecule has 4 aliphatic rings. The van der Waals surface area contributed by atoms with E-state index in [1.165, 1.54) is 49.9 Å². The minimum atomic E-state index is -0.423. The van der Waals surface area contributed by atoms with Gasteiger partial charge in [0.15, 0.2) is 11.6 Å². The maximum absolute atomic E-state index is 13.8. The number of aromatic hydroxyl groups is 4. The number of fused-ring (bicyclic) bond motifs is 2. The van der Waals surface area contributed by atoms with Gasteiger partial charge in [0.25, 0.3) is 0 Å². The number of Topliss-reactive ketones (excluding diaryl/α,β-unsaturated/α-hetero) is 2. The van der Waals surface area contributed by atoms with E-state index in [0.29, 0.717) is 17.0 Å². The quantitative estimate of drug-likeness (QED) is 0.110. The van der Waals surface area contributed by atoms with Crippen LogP contribution in [0.3, 0.4) is 0 Å². The van der Waals surface area contributed by atoms with Crippen molar-refractivity contribution < 1.29 is 39.6 Å². The molecular weight excluding hydrogens is 723 g/mol. The molecule has 2 amide bonds. The van der Waals surface area contributed by atoms with Crippen molar-refractivity contribution in [2.24, 2.45) is 62.9 Å². The van der Waals surface area contributed by atoms with E-state index in [1.54, 1.807) is 0 Å². The Balaban J connectivity index is 0.000000299. The molecule has 57 heavy (non-hydrogen) atoms. The van der Waals surface area contributed by atoms with Crippen molar-refractivity contribution in [1.29, 1.82) is 0 Å². The summed E-state index contributed by atoms with van der Waals surface area (Å²) in [6.45, 7) is 17.7. The maximum Gasteiger partial charge on any atom is 0.338 e. The van der Waals surface area contributed by atoms with E-state index >= 15 is 0 Å². The van der Waals surface area contributed by atoms with Crippen LogP contribution >= 0.6 is 0 Å². The first-order chi connectivity index (χ1) is 25.6. The molecule has 0 heterocycles. The Morgan fingerprint density at radius 3 is 1.44 bits per heavy atom. The average molecular weight is 796 g/mol. The van der Waals surface area contributed by atoms with Crippen molar-refractivity contribution >= 4 is 17.6 Å². The van der Waals surface area contributed by atoms with Gasteiger partial charge in [-0.25, -0.2) is 10.3 Å². The second-order valence-corrected chi connectivity index (χ2v) is 19.2. The number of hydrogen-bond acceptors (Lipinski definition) is 9. The molecule has 0 saturated heterocycles. The molecule has 0 radical (unpaired) electrons. The van der Waals surface area contributed by atoms with Crippen LogP contribution in [0.1, 0.15) is 142 Å². The third kappa shape index (κ3) is 9.25. The molecule has 0 aromatic heterocycles. The number of ketones is 2. The Morgan fingerprint density at radius 2 is 1.04 bits per heavy atom. The fourth-order valence-corrected chi connectivity index (χ4v) is 12.3. The van der Waals surface area contributed by atoms with Crippen LogP contribution in [-0.4, -0.2) is 57.2 Å². The summed E-state index contributed by atoms with van der Waals surface area (Å²) in [6, 6.07) is 7.59. The van der Waals surface area contributed by atoms with E-state index in [1.807, 2.05) is 6.92 Å². The van der Waals surface area contributed by atoms with Crippen molar-refractivity contribution in [3.63, 3.8) is 0 Å². The molecule has 0 aliphatic heterocycles. The molecule has 10 atom stereocenters. The molecular formula is C46H73N3O8. The molecule has 11 heteroatoms. The third-order valence-electron chi connectivity index (χ3n) is 14.8. The fourth-order valence-electron chi connectivity index (χ4n) is 12.3. The van der Waals surface area contributed by atoms with Gasteiger partial charge in [0.2, 0.25) is 0 Å². The van der Waals surface area contributed by atoms with Crippen LogP contribution in [0.5, 0.6) is 23.0 Å². The van der Waals surface area contributed by atoms with E-state index in [9.17, 15) is 34.8 Å². The number of amides is 2. The standard InChI is InChI=1S/C23H34N2O5.C21H31NO3.2CH4/c1-13-17(24-21(29)25-30-5)12-18-22(2,3)7-6-8-23(18,4)19(13)20(28)14-9-15(26)11-16(27)10-14;1-12-16(22)11-17-20(2,3)6-5-7-21(17,4)18(12)19(25)13-8-14(23)10-15(24)9-13;;/h9-11,13,17-19,26-27H,6-8,12H2,1-5H3,(H2,24,25,29);8-10,12,16-18,23-24H,5-7,11,22H2,1-4H3;2*1H4/t13-,17-,18+,19-,23+;12-,16-,17+,18-,21+;;/m11../s1. The molecule has 0 spiro atoms. The summed E-state index contributed by atoms with van der Waals surface area (Å²) in [5.41, 5.74) is 9.33. The van der Waals surface area contributed by atoms with Crippen LogP contribution in [0.15, 0.2) is 36.4 Å². The van der Waals surface area contributed by atoms with Crippen molar-refractivity contribution in [3.8, 4) is 23.0 Å². The van der Waals surface area contributed by atoms with Crippen LogP contribution in [0, 0.1) is 57.2 Å². The number of rotatable bonds is 6. The van der Waals surface area contributed by atoms with Gasteiger partial charge in [-0.05, 0) is 108 Å². The highest BCUT2D eigenvalue weighted by Gasteiger charge is 2.60. The van der Waals surface area contributed by atoms with Gasteiger partial charge in [0, 0.05) is 47.2 Å². The molecule has 11 nitrogen and oxygen atoms in total. The van der Waals surface area contributed by atoms with Gasteiger partial charge >= 0.3 is 6.03 Å². The van der Waals surface area contributed by atoms with E-state index in [2.05, 4.69) is 59.3 Å². The number of carbonyl (C=O) groups is 3. The molecule has 0 unspecified atom stereocenters. The Labute approximate surface area is 341 Å². The van der Waals surface area contributed by atoms with Gasteiger partial charge < -0.3 is 31.5 Å². The first-order valence-electron chi connectivity index (χ1n) is 20.0. The topological polar surface area (TPSA) is 191 Å². The number of phenolic OH excluding ortho intramolecular Hbond substituents is 4. The highest BCUT2D eigenvalue weighted by Crippen LogP contribution is 2.63. The Morgan fingerprint density at radius 1 is 0.649 bits per heavy atom. The van der Waals surface area contributed by atoms with Crippen LogP contribution in [0.2, 0.25) is 0 Å². The molecule has 320 valence electrons. The number of nitrogens with two attached hydrogens (primary N) is 1. The first-order valence-corrected chi connectivity index (χ1v) is 20.0. The predicted molar refractivity (Wildman–Crippen MR) is 225 cm³/mol. The Bertz CT molecular complexity index is 1720. The van der Waals surface area contributed by atoms with Gasteiger partial charge in [-0.3, -0.25) is 14.4 Å². The lowest BCUT2D eigenvalue weighted by Gasteiger charge is -2.60. The smallest absolute Gasteiger partial charge is 0.338 e. The number of phenols is 4. The summed E-state index contributed by atoms with van der Waals surface area (Å²) < 4.78 is 0. The van der Waals surface area contributed by atoms with Crippen LogP contribution < -0.4 is 16.5 Å². The lowest BCUT2D eigenvalue weighted by Crippen LogP contribution is -2.61. The minimum Gasteiger partial charge on any atom is -0.508 e. The monoisotopic (exact) mass is 796 g/mol. The number of hydroxylamine groups is 1. The largest absolute Gasteiger partial charge is 0.508 e. The molecule has 0 bridgehead atoms. The molecule has 2 aromatic carbocycles. The van der Waals surface area contributed by atoms with Crippen molar-refractivity contribution in [3.05, 3.63) is 47.5 Å². The van der Waals surface area contributed by atoms with Crippen molar-refractivity contribution in [2.75, 3.05) is 7.11 Å². The highest BCUT2D eigenvalue weighted by molar-refractivity contribution is 6.00. The van der Waals surface area contributed by atoms with Gasteiger partial charge in [0.1, 0.15) is 23.0 Å². The van der Waals surface area contributed by atoms with Gasteiger partial charge in [-0.1, -0.05) is 83.1 Å². The average Bonchev–Trinajstić information content (AvgIpc) is 3.06. The lowest BCUT2D eigenvalue weighted by molar-refractivity contribution is -0.0903. The number of urea groups is 1. The predicted octanol–water partition coefficient (Wildman–Crippen LogP) is 9.37. The van der Waals surface area contributed by atoms with Gasteiger partial charge in [-0.2, -0.15) is 0 Å². The van der Waals surface area contributed by atoms with E-state index in [0.717, 1.165) is 44.9 Å². The zero-order valence-electron chi connectivity index (χ0n) is 34.2.